The normalized spacial score (nSPS) is 43.6. The zero-order valence-electron chi connectivity index (χ0n) is 11.5. The van der Waals surface area contributed by atoms with E-state index in [-0.39, 0.29) is 6.10 Å². The minimum atomic E-state index is -0.0130. The van der Waals surface area contributed by atoms with Crippen LogP contribution >= 0.6 is 0 Å². The molecule has 0 radical (unpaired) electrons. The van der Waals surface area contributed by atoms with Gasteiger partial charge in [-0.2, -0.15) is 0 Å². The molecule has 100 valence electrons. The number of hydrogen-bond acceptors (Lipinski definition) is 2. The Hall–Kier alpha value is -0.0800. The van der Waals surface area contributed by atoms with Crippen molar-refractivity contribution in [2.24, 2.45) is 17.8 Å². The highest BCUT2D eigenvalue weighted by molar-refractivity contribution is 4.81. The molecule has 2 aliphatic carbocycles. The fourth-order valence-electron chi connectivity index (χ4n) is 3.80. The molecule has 2 saturated carbocycles. The van der Waals surface area contributed by atoms with Crippen LogP contribution in [0.2, 0.25) is 0 Å². The van der Waals surface area contributed by atoms with E-state index < -0.39 is 0 Å². The maximum absolute atomic E-state index is 9.49. The lowest BCUT2D eigenvalue weighted by Crippen LogP contribution is -2.39. The summed E-state index contributed by atoms with van der Waals surface area (Å²) in [6.45, 7) is 5.96. The van der Waals surface area contributed by atoms with Crippen LogP contribution in [0.4, 0.5) is 0 Å². The fraction of sp³-hybridized carbons (Fsp3) is 1.00. The molecule has 2 fully saturated rings. The van der Waals surface area contributed by atoms with Crippen molar-refractivity contribution in [3.05, 3.63) is 0 Å². The van der Waals surface area contributed by atoms with E-state index in [0.29, 0.717) is 0 Å². The lowest BCUT2D eigenvalue weighted by atomic mass is 9.80. The molecule has 0 heterocycles. The lowest BCUT2D eigenvalue weighted by Gasteiger charge is -2.34. The Morgan fingerprint density at radius 1 is 0.941 bits per heavy atom. The van der Waals surface area contributed by atoms with E-state index in [4.69, 9.17) is 0 Å². The number of nitrogens with one attached hydrogen (secondary N) is 1. The smallest absolute Gasteiger partial charge is 0.0540 e. The highest BCUT2D eigenvalue weighted by Crippen LogP contribution is 2.29. The first-order valence-electron chi connectivity index (χ1n) is 7.55. The third-order valence-electron chi connectivity index (χ3n) is 4.69. The van der Waals surface area contributed by atoms with Crippen LogP contribution in [0.3, 0.4) is 0 Å². The predicted molar refractivity (Wildman–Crippen MR) is 71.9 cm³/mol. The van der Waals surface area contributed by atoms with E-state index in [1.807, 2.05) is 0 Å². The van der Waals surface area contributed by atoms with Gasteiger partial charge in [0.05, 0.1) is 6.10 Å². The summed E-state index contributed by atoms with van der Waals surface area (Å²) < 4.78 is 0. The molecule has 0 aliphatic heterocycles. The van der Waals surface area contributed by atoms with Gasteiger partial charge >= 0.3 is 0 Å². The summed E-state index contributed by atoms with van der Waals surface area (Å²) in [6.07, 6.45) is 8.58. The molecule has 2 heteroatoms. The molecule has 2 unspecified atom stereocenters. The molecule has 0 aromatic heterocycles. The summed E-state index contributed by atoms with van der Waals surface area (Å²) >= 11 is 0. The molecule has 0 bridgehead atoms. The average Bonchev–Trinajstić information content (AvgIpc) is 2.27. The molecule has 0 aromatic carbocycles. The zero-order valence-corrected chi connectivity index (χ0v) is 11.5. The summed E-state index contributed by atoms with van der Waals surface area (Å²) in [7, 11) is 0. The first-order valence-corrected chi connectivity index (χ1v) is 7.55. The first kappa shape index (κ1) is 13.4. The molecular weight excluding hydrogens is 210 g/mol. The van der Waals surface area contributed by atoms with Crippen molar-refractivity contribution in [2.75, 3.05) is 6.54 Å². The van der Waals surface area contributed by atoms with Crippen LogP contribution in [0.5, 0.6) is 0 Å². The molecular formula is C15H29NO. The molecule has 2 rings (SSSR count). The van der Waals surface area contributed by atoms with Crippen LogP contribution in [-0.4, -0.2) is 23.8 Å². The van der Waals surface area contributed by atoms with Gasteiger partial charge in [-0.05, 0) is 69.2 Å². The van der Waals surface area contributed by atoms with Crippen molar-refractivity contribution in [2.45, 2.75) is 70.9 Å². The standard InChI is InChI=1S/C15H29NO/c1-11-7-12(2)9-14(8-11)16-10-13-3-5-15(17)6-4-13/h11-17H,3-10H2,1-2H3. The summed E-state index contributed by atoms with van der Waals surface area (Å²) in [5.41, 5.74) is 0. The second-order valence-corrected chi connectivity index (χ2v) is 6.70. The highest BCUT2D eigenvalue weighted by atomic mass is 16.3. The zero-order chi connectivity index (χ0) is 12.3. The summed E-state index contributed by atoms with van der Waals surface area (Å²) in [5.74, 6) is 2.60. The Labute approximate surface area is 106 Å². The SMILES string of the molecule is CC1CC(C)CC(NCC2CCC(O)CC2)C1. The molecule has 0 aromatic rings. The summed E-state index contributed by atoms with van der Waals surface area (Å²) in [4.78, 5) is 0. The van der Waals surface area contributed by atoms with Gasteiger partial charge in [0, 0.05) is 6.04 Å². The number of rotatable bonds is 3. The van der Waals surface area contributed by atoms with Crippen molar-refractivity contribution in [3.63, 3.8) is 0 Å². The van der Waals surface area contributed by atoms with Gasteiger partial charge in [-0.25, -0.2) is 0 Å². The third-order valence-corrected chi connectivity index (χ3v) is 4.69. The first-order chi connectivity index (χ1) is 8.13. The van der Waals surface area contributed by atoms with Crippen LogP contribution in [0.1, 0.15) is 58.8 Å². The topological polar surface area (TPSA) is 32.3 Å². The van der Waals surface area contributed by atoms with Crippen LogP contribution in [0, 0.1) is 17.8 Å². The monoisotopic (exact) mass is 239 g/mol. The van der Waals surface area contributed by atoms with Gasteiger partial charge in [0.25, 0.3) is 0 Å². The molecule has 0 saturated heterocycles. The van der Waals surface area contributed by atoms with Crippen molar-refractivity contribution in [1.82, 2.24) is 5.32 Å². The molecule has 17 heavy (non-hydrogen) atoms. The molecule has 2 atom stereocenters. The van der Waals surface area contributed by atoms with Gasteiger partial charge in [-0.1, -0.05) is 13.8 Å². The Bertz CT molecular complexity index is 213. The predicted octanol–water partition coefficient (Wildman–Crippen LogP) is 2.95. The molecule has 0 amide bonds. The van der Waals surface area contributed by atoms with E-state index in [2.05, 4.69) is 19.2 Å². The van der Waals surface area contributed by atoms with Crippen molar-refractivity contribution < 1.29 is 5.11 Å². The average molecular weight is 239 g/mol. The number of hydrogen-bond donors (Lipinski definition) is 2. The van der Waals surface area contributed by atoms with Gasteiger partial charge in [0.2, 0.25) is 0 Å². The minimum Gasteiger partial charge on any atom is -0.393 e. The van der Waals surface area contributed by atoms with Gasteiger partial charge in [-0.15, -0.1) is 0 Å². The Morgan fingerprint density at radius 3 is 2.12 bits per heavy atom. The maximum atomic E-state index is 9.49. The van der Waals surface area contributed by atoms with Gasteiger partial charge < -0.3 is 10.4 Å². The number of aliphatic hydroxyl groups is 1. The third kappa shape index (κ3) is 4.26. The Morgan fingerprint density at radius 2 is 1.53 bits per heavy atom. The fourth-order valence-corrected chi connectivity index (χ4v) is 3.80. The Kier molecular flexibility index (Phi) is 4.87. The van der Waals surface area contributed by atoms with Gasteiger partial charge in [0.1, 0.15) is 0 Å². The van der Waals surface area contributed by atoms with Crippen molar-refractivity contribution in [1.29, 1.82) is 0 Å². The molecule has 2 aliphatic rings. The van der Waals surface area contributed by atoms with E-state index >= 15 is 0 Å². The van der Waals surface area contributed by atoms with E-state index in [1.54, 1.807) is 0 Å². The highest BCUT2D eigenvalue weighted by Gasteiger charge is 2.25. The van der Waals surface area contributed by atoms with Crippen LogP contribution in [0.15, 0.2) is 0 Å². The maximum Gasteiger partial charge on any atom is 0.0540 e. The Balaban J connectivity index is 1.67. The lowest BCUT2D eigenvalue weighted by molar-refractivity contribution is 0.106. The second kappa shape index (κ2) is 6.19. The minimum absolute atomic E-state index is 0.0130. The van der Waals surface area contributed by atoms with E-state index in [1.165, 1.54) is 38.6 Å². The van der Waals surface area contributed by atoms with Crippen LogP contribution < -0.4 is 5.32 Å². The van der Waals surface area contributed by atoms with Crippen molar-refractivity contribution >= 4 is 0 Å². The molecule has 2 nitrogen and oxygen atoms in total. The van der Waals surface area contributed by atoms with E-state index in [9.17, 15) is 5.11 Å². The quantitative estimate of drug-likeness (QED) is 0.793. The largest absolute Gasteiger partial charge is 0.393 e. The second-order valence-electron chi connectivity index (χ2n) is 6.70. The number of aliphatic hydroxyl groups excluding tert-OH is 1. The van der Waals surface area contributed by atoms with Crippen LogP contribution in [0.25, 0.3) is 0 Å². The molecule has 2 N–H and O–H groups in total. The molecule has 0 spiro atoms. The van der Waals surface area contributed by atoms with Crippen molar-refractivity contribution in [3.8, 4) is 0 Å². The van der Waals surface area contributed by atoms with Crippen LogP contribution in [-0.2, 0) is 0 Å². The van der Waals surface area contributed by atoms with Gasteiger partial charge in [-0.3, -0.25) is 0 Å². The summed E-state index contributed by atoms with van der Waals surface area (Å²) in [6, 6.07) is 0.751. The summed E-state index contributed by atoms with van der Waals surface area (Å²) in [5, 5.41) is 13.3. The van der Waals surface area contributed by atoms with E-state index in [0.717, 1.165) is 36.6 Å². The van der Waals surface area contributed by atoms with Gasteiger partial charge in [0.15, 0.2) is 0 Å².